The molecule has 414 valence electrons. The Bertz CT molecular complexity index is 4060. The number of fused-ring (bicyclic) bond motifs is 2. The molecule has 12 aromatic rings. The minimum atomic E-state index is -0.262. The number of aromatic hydroxyl groups is 2. The maximum Gasteiger partial charge on any atom is 0.126 e. The van der Waals surface area contributed by atoms with E-state index in [1.165, 1.54) is 24.3 Å². The number of thiazole rings is 2. The smallest absolute Gasteiger partial charge is 0.126 e. The van der Waals surface area contributed by atoms with Gasteiger partial charge in [-0.1, -0.05) is 144 Å². The Balaban J connectivity index is 0.000000183. The van der Waals surface area contributed by atoms with Gasteiger partial charge in [-0.2, -0.15) is 0 Å². The van der Waals surface area contributed by atoms with Gasteiger partial charge in [0.05, 0.1) is 21.6 Å². The van der Waals surface area contributed by atoms with Crippen LogP contribution in [0.2, 0.25) is 0 Å². The molecule has 2 heterocycles. The van der Waals surface area contributed by atoms with Crippen LogP contribution in [0.3, 0.4) is 0 Å². The van der Waals surface area contributed by atoms with Crippen LogP contribution < -0.4 is 0 Å². The molecule has 0 saturated carbocycles. The quantitative estimate of drug-likeness (QED) is 0.105. The van der Waals surface area contributed by atoms with E-state index < -0.39 is 0 Å². The summed E-state index contributed by atoms with van der Waals surface area (Å²) in [5.41, 5.74) is 16.5. The molecule has 2 N–H and O–H groups in total. The number of aromatic nitrogens is 2. The molecule has 0 atom stereocenters. The molecule has 0 amide bonds. The van der Waals surface area contributed by atoms with Gasteiger partial charge >= 0.3 is 0 Å². The van der Waals surface area contributed by atoms with Crippen LogP contribution in [0, 0.1) is 17.7 Å². The Morgan fingerprint density at radius 3 is 1.33 bits per heavy atom. The summed E-state index contributed by atoms with van der Waals surface area (Å²) >= 11 is 3.20. The van der Waals surface area contributed by atoms with Gasteiger partial charge in [0, 0.05) is 71.5 Å². The van der Waals surface area contributed by atoms with Crippen molar-refractivity contribution in [3.63, 3.8) is 0 Å². The van der Waals surface area contributed by atoms with Gasteiger partial charge in [-0.05, 0) is 141 Å². The summed E-state index contributed by atoms with van der Waals surface area (Å²) in [5.74, 6) is -0.132. The molecule has 2 aromatic heterocycles. The van der Waals surface area contributed by atoms with Gasteiger partial charge in [0.15, 0.2) is 0 Å². The number of nitrogens with zero attached hydrogens (tertiary/aromatic N) is 4. The van der Waals surface area contributed by atoms with Crippen molar-refractivity contribution in [2.75, 3.05) is 0 Å². The van der Waals surface area contributed by atoms with Crippen molar-refractivity contribution in [1.82, 2.24) is 9.97 Å². The largest absolute Gasteiger partial charge is 0.507 e. The number of phenols is 2. The summed E-state index contributed by atoms with van der Waals surface area (Å²) in [7, 11) is 0. The van der Waals surface area contributed by atoms with Crippen molar-refractivity contribution in [2.24, 2.45) is 9.98 Å². The molecule has 10 aromatic carbocycles. The molecule has 0 aliphatic heterocycles. The normalized spacial score (nSPS) is 11.8. The van der Waals surface area contributed by atoms with E-state index in [0.29, 0.717) is 11.1 Å². The van der Waals surface area contributed by atoms with E-state index in [0.717, 1.165) is 109 Å². The summed E-state index contributed by atoms with van der Waals surface area (Å²) in [5, 5.41) is 22.7. The fourth-order valence-electron chi connectivity index (χ4n) is 9.57. The first-order chi connectivity index (χ1) is 39.5. The zero-order chi connectivity index (χ0) is 57.1. The number of para-hydroxylation sites is 2. The summed E-state index contributed by atoms with van der Waals surface area (Å²) in [6.45, 7) is 12.9. The van der Waals surface area contributed by atoms with Crippen molar-refractivity contribution < 1.29 is 40.1 Å². The van der Waals surface area contributed by atoms with Gasteiger partial charge in [-0.15, -0.1) is 58.6 Å². The first-order valence-corrected chi connectivity index (χ1v) is 28.5. The number of hydrogen-bond donors (Lipinski definition) is 2. The Morgan fingerprint density at radius 1 is 0.434 bits per heavy atom. The molecular formula is C72H57F2N4O2PtS2-. The first kappa shape index (κ1) is 57.7. The number of benzene rings is 10. The van der Waals surface area contributed by atoms with Gasteiger partial charge in [0.1, 0.15) is 33.1 Å². The van der Waals surface area contributed by atoms with Crippen LogP contribution in [-0.2, 0) is 31.9 Å². The molecule has 83 heavy (non-hydrogen) atoms. The average Bonchev–Trinajstić information content (AvgIpc) is 3.80. The monoisotopic (exact) mass is 1310 g/mol. The number of hydrogen-bond acceptors (Lipinski definition) is 8. The average molecular weight is 1310 g/mol. The van der Waals surface area contributed by atoms with Crippen LogP contribution in [-0.4, -0.2) is 32.6 Å². The molecule has 11 heteroatoms. The van der Waals surface area contributed by atoms with Crippen LogP contribution in [0.5, 0.6) is 11.5 Å². The fraction of sp³-hybridized carbons (Fsp3) is 0.111. The molecule has 0 fully saturated rings. The molecule has 0 saturated heterocycles. The number of phenolic OH excluding ortho intramolecular Hbond substituents is 2. The Kier molecular flexibility index (Phi) is 17.0. The molecule has 0 aliphatic rings. The molecule has 0 radical (unpaired) electrons. The summed E-state index contributed by atoms with van der Waals surface area (Å²) in [6.07, 6.45) is 3.44. The van der Waals surface area contributed by atoms with Gasteiger partial charge in [0.2, 0.25) is 0 Å². The van der Waals surface area contributed by atoms with Crippen LogP contribution >= 0.6 is 22.7 Å². The third-order valence-corrected chi connectivity index (χ3v) is 16.2. The Hall–Kier alpha value is -8.53. The maximum atomic E-state index is 13.7. The van der Waals surface area contributed by atoms with E-state index in [2.05, 4.69) is 84.0 Å². The van der Waals surface area contributed by atoms with E-state index in [-0.39, 0.29) is 55.0 Å². The first-order valence-electron chi connectivity index (χ1n) is 26.9. The summed E-state index contributed by atoms with van der Waals surface area (Å²) < 4.78 is 29.4. The molecular weight excluding hydrogens is 1250 g/mol. The number of rotatable bonds is 10. The molecule has 0 aliphatic carbocycles. The number of halogens is 2. The number of aliphatic imine (C=N–C) groups is 2. The van der Waals surface area contributed by atoms with E-state index in [1.807, 2.05) is 115 Å². The Labute approximate surface area is 505 Å². The van der Waals surface area contributed by atoms with E-state index >= 15 is 0 Å². The predicted octanol–water partition coefficient (Wildman–Crippen LogP) is 20.2. The molecule has 0 spiro atoms. The third kappa shape index (κ3) is 13.1. The van der Waals surface area contributed by atoms with Crippen molar-refractivity contribution in [3.05, 3.63) is 252 Å². The topological polar surface area (TPSA) is 91.0 Å². The predicted molar refractivity (Wildman–Crippen MR) is 339 cm³/mol. The van der Waals surface area contributed by atoms with Crippen LogP contribution in [0.15, 0.2) is 222 Å². The summed E-state index contributed by atoms with van der Waals surface area (Å²) in [4.78, 5) is 19.8. The van der Waals surface area contributed by atoms with Crippen molar-refractivity contribution in [3.8, 4) is 77.1 Å². The molecule has 0 bridgehead atoms. The third-order valence-electron chi connectivity index (χ3n) is 14.2. The van der Waals surface area contributed by atoms with Gasteiger partial charge in [-0.3, -0.25) is 9.98 Å². The van der Waals surface area contributed by atoms with Crippen molar-refractivity contribution in [2.45, 2.75) is 52.4 Å². The van der Waals surface area contributed by atoms with Crippen LogP contribution in [0.1, 0.15) is 63.8 Å². The van der Waals surface area contributed by atoms with Crippen molar-refractivity contribution in [1.29, 1.82) is 0 Å². The summed E-state index contributed by atoms with van der Waals surface area (Å²) in [6, 6.07) is 70.2. The SMILES string of the molecule is CC(C)(C)c1ccc(O)c(C=Nc2ccccc2-c2nc3c(-c4[c-]cccc4)cc(-c4ccc(F)cc4)cc3s2)c1.CC(C)(C)c1ccc(O)c(C=Nc2ccccc2-c2nc3c(-c4ccccc4)cc(-c4ccc(F)cc4)cc3s2)c1.[Pt]. The molecule has 0 unspecified atom stereocenters. The standard InChI is InChI=1S/C36H29FN2OS.C36H28FN2OS.Pt/c2*1-36(2,3)27-15-18-32(40)26(19-27)22-38-31-12-8-7-11-29(31)35-39-34-30(24-9-5-4-6-10-24)20-25(21-33(34)41-35)23-13-16-28(37)17-14-23;/h4-22,40H,1-3H3;4-9,11-22,40H,1-3H3;/q;-1;. The van der Waals surface area contributed by atoms with Crippen LogP contribution in [0.25, 0.3) is 86.1 Å². The van der Waals surface area contributed by atoms with Crippen molar-refractivity contribution >= 4 is 66.9 Å². The van der Waals surface area contributed by atoms with E-state index in [4.69, 9.17) is 20.0 Å². The second-order valence-electron chi connectivity index (χ2n) is 22.0. The minimum absolute atomic E-state index is 0. The molecule has 12 rings (SSSR count). The molecule has 6 nitrogen and oxygen atoms in total. The van der Waals surface area contributed by atoms with E-state index in [1.54, 1.807) is 71.5 Å². The Morgan fingerprint density at radius 2 is 0.867 bits per heavy atom. The zero-order valence-electron chi connectivity index (χ0n) is 46.4. The van der Waals surface area contributed by atoms with E-state index in [9.17, 15) is 19.0 Å². The van der Waals surface area contributed by atoms with Crippen LogP contribution in [0.4, 0.5) is 20.2 Å². The van der Waals surface area contributed by atoms with Gasteiger partial charge < -0.3 is 10.2 Å². The van der Waals surface area contributed by atoms with Gasteiger partial charge in [0.25, 0.3) is 0 Å². The fourth-order valence-corrected chi connectivity index (χ4v) is 11.7. The maximum absolute atomic E-state index is 13.7. The second kappa shape index (κ2) is 24.5. The van der Waals surface area contributed by atoms with Gasteiger partial charge in [-0.25, -0.2) is 18.7 Å². The minimum Gasteiger partial charge on any atom is -0.507 e. The second-order valence-corrected chi connectivity index (χ2v) is 24.1. The zero-order valence-corrected chi connectivity index (χ0v) is 50.3.